The Morgan fingerprint density at radius 3 is 2.20 bits per heavy atom. The lowest BCUT2D eigenvalue weighted by atomic mass is 10.0. The Morgan fingerprint density at radius 1 is 0.950 bits per heavy atom. The third kappa shape index (κ3) is 3.62. The summed E-state index contributed by atoms with van der Waals surface area (Å²) in [6.07, 6.45) is 2.07. The normalized spacial score (nSPS) is 14.0. The van der Waals surface area contributed by atoms with Crippen LogP contribution in [0.15, 0.2) is 53.4 Å². The number of rotatable bonds is 5. The molecule has 1 N–H and O–H groups in total. The standard InChI is InChI=1S/C17H20FNS/c1-12(14-8-10-15(20-3)11-9-14)19-13(2)16-6-4-5-7-17(16)18/h4-13,19H,1-3H3. The van der Waals surface area contributed by atoms with Gasteiger partial charge in [-0.25, -0.2) is 4.39 Å². The largest absolute Gasteiger partial charge is 0.304 e. The Balaban J connectivity index is 2.06. The Bertz CT molecular complexity index is 553. The van der Waals surface area contributed by atoms with Gasteiger partial charge in [0.05, 0.1) is 0 Å². The molecule has 2 aromatic rings. The molecule has 0 aromatic heterocycles. The summed E-state index contributed by atoms with van der Waals surface area (Å²) in [4.78, 5) is 1.25. The van der Waals surface area contributed by atoms with Crippen LogP contribution in [0.2, 0.25) is 0 Å². The molecule has 0 fully saturated rings. The first-order valence-electron chi connectivity index (χ1n) is 6.76. The third-order valence-corrected chi connectivity index (χ3v) is 4.23. The molecule has 2 atom stereocenters. The van der Waals surface area contributed by atoms with E-state index in [0.29, 0.717) is 5.56 Å². The van der Waals surface area contributed by atoms with Crippen molar-refractivity contribution < 1.29 is 4.39 Å². The molecule has 1 nitrogen and oxygen atoms in total. The summed E-state index contributed by atoms with van der Waals surface area (Å²) in [5.41, 5.74) is 1.92. The SMILES string of the molecule is CSc1ccc(C(C)NC(C)c2ccccc2F)cc1. The van der Waals surface area contributed by atoms with Crippen molar-refractivity contribution in [3.05, 3.63) is 65.5 Å². The van der Waals surface area contributed by atoms with Gasteiger partial charge >= 0.3 is 0 Å². The molecule has 0 amide bonds. The molecule has 0 aliphatic heterocycles. The molecule has 106 valence electrons. The second-order valence-electron chi connectivity index (χ2n) is 4.90. The maximum Gasteiger partial charge on any atom is 0.127 e. The molecule has 2 rings (SSSR count). The number of hydrogen-bond donors (Lipinski definition) is 1. The van der Waals surface area contributed by atoms with Gasteiger partial charge in [0.1, 0.15) is 5.82 Å². The molecule has 0 spiro atoms. The van der Waals surface area contributed by atoms with E-state index in [2.05, 4.69) is 42.8 Å². The summed E-state index contributed by atoms with van der Waals surface area (Å²) in [5.74, 6) is -0.155. The van der Waals surface area contributed by atoms with Crippen LogP contribution in [0.3, 0.4) is 0 Å². The van der Waals surface area contributed by atoms with E-state index in [0.717, 1.165) is 0 Å². The van der Waals surface area contributed by atoms with Crippen LogP contribution in [-0.2, 0) is 0 Å². The van der Waals surface area contributed by atoms with Gasteiger partial charge in [0.15, 0.2) is 0 Å². The monoisotopic (exact) mass is 289 g/mol. The molecule has 2 unspecified atom stereocenters. The fraction of sp³-hybridized carbons (Fsp3) is 0.294. The van der Waals surface area contributed by atoms with Crippen molar-refractivity contribution in [1.29, 1.82) is 0 Å². The first-order valence-corrected chi connectivity index (χ1v) is 7.98. The highest BCUT2D eigenvalue weighted by molar-refractivity contribution is 7.98. The van der Waals surface area contributed by atoms with Gasteiger partial charge < -0.3 is 5.32 Å². The quantitative estimate of drug-likeness (QED) is 0.781. The van der Waals surface area contributed by atoms with Crippen LogP contribution in [0.5, 0.6) is 0 Å². The first-order chi connectivity index (χ1) is 9.61. The average Bonchev–Trinajstić information content (AvgIpc) is 2.47. The maximum atomic E-state index is 13.7. The topological polar surface area (TPSA) is 12.0 Å². The summed E-state index contributed by atoms with van der Waals surface area (Å²) >= 11 is 1.73. The van der Waals surface area contributed by atoms with Crippen molar-refractivity contribution >= 4 is 11.8 Å². The Hall–Kier alpha value is -1.32. The Kier molecular flexibility index (Phi) is 5.21. The molecular weight excluding hydrogens is 269 g/mol. The molecule has 0 bridgehead atoms. The second kappa shape index (κ2) is 6.91. The van der Waals surface area contributed by atoms with Crippen LogP contribution >= 0.6 is 11.8 Å². The number of benzene rings is 2. The van der Waals surface area contributed by atoms with Crippen molar-refractivity contribution in [3.63, 3.8) is 0 Å². The highest BCUT2D eigenvalue weighted by atomic mass is 32.2. The van der Waals surface area contributed by atoms with Crippen LogP contribution in [-0.4, -0.2) is 6.26 Å². The van der Waals surface area contributed by atoms with Gasteiger partial charge in [-0.05, 0) is 43.9 Å². The highest BCUT2D eigenvalue weighted by Gasteiger charge is 2.13. The summed E-state index contributed by atoms with van der Waals surface area (Å²) in [6.45, 7) is 4.09. The lowest BCUT2D eigenvalue weighted by Gasteiger charge is -2.21. The van der Waals surface area contributed by atoms with E-state index in [9.17, 15) is 4.39 Å². The zero-order valence-electron chi connectivity index (χ0n) is 12.1. The maximum absolute atomic E-state index is 13.7. The van der Waals surface area contributed by atoms with Gasteiger partial charge in [0.2, 0.25) is 0 Å². The molecule has 0 aliphatic carbocycles. The van der Waals surface area contributed by atoms with Crippen molar-refractivity contribution in [2.24, 2.45) is 0 Å². The van der Waals surface area contributed by atoms with Gasteiger partial charge in [-0.3, -0.25) is 0 Å². The van der Waals surface area contributed by atoms with Crippen LogP contribution in [0, 0.1) is 5.82 Å². The van der Waals surface area contributed by atoms with E-state index < -0.39 is 0 Å². The lowest BCUT2D eigenvalue weighted by molar-refractivity contribution is 0.474. The second-order valence-corrected chi connectivity index (χ2v) is 5.78. The van der Waals surface area contributed by atoms with Gasteiger partial charge in [-0.1, -0.05) is 30.3 Å². The van der Waals surface area contributed by atoms with Gasteiger partial charge in [0, 0.05) is 22.5 Å². The minimum absolute atomic E-state index is 0.0218. The van der Waals surface area contributed by atoms with Crippen molar-refractivity contribution in [2.75, 3.05) is 6.26 Å². The summed E-state index contributed by atoms with van der Waals surface area (Å²) in [7, 11) is 0. The van der Waals surface area contributed by atoms with Gasteiger partial charge in [-0.15, -0.1) is 11.8 Å². The van der Waals surface area contributed by atoms with Crippen molar-refractivity contribution in [1.82, 2.24) is 5.32 Å². The average molecular weight is 289 g/mol. The fourth-order valence-electron chi connectivity index (χ4n) is 2.28. The summed E-state index contributed by atoms with van der Waals surface area (Å²) in [6, 6.07) is 15.6. The molecule has 0 radical (unpaired) electrons. The molecule has 0 aliphatic rings. The number of thioether (sulfide) groups is 1. The molecule has 0 heterocycles. The predicted molar refractivity (Wildman–Crippen MR) is 84.6 cm³/mol. The highest BCUT2D eigenvalue weighted by Crippen LogP contribution is 2.23. The van der Waals surface area contributed by atoms with Crippen molar-refractivity contribution in [3.8, 4) is 0 Å². The van der Waals surface area contributed by atoms with E-state index in [1.165, 1.54) is 16.5 Å². The molecular formula is C17H20FNS. The van der Waals surface area contributed by atoms with Crippen LogP contribution in [0.25, 0.3) is 0 Å². The van der Waals surface area contributed by atoms with Crippen LogP contribution in [0.1, 0.15) is 37.1 Å². The minimum Gasteiger partial charge on any atom is -0.304 e. The van der Waals surface area contributed by atoms with Gasteiger partial charge in [0.25, 0.3) is 0 Å². The predicted octanol–water partition coefficient (Wildman–Crippen LogP) is 4.96. The first kappa shape index (κ1) is 15.1. The summed E-state index contributed by atoms with van der Waals surface area (Å²) < 4.78 is 13.7. The fourth-order valence-corrected chi connectivity index (χ4v) is 2.69. The molecule has 2 aromatic carbocycles. The molecule has 0 saturated carbocycles. The Morgan fingerprint density at radius 2 is 1.60 bits per heavy atom. The third-order valence-electron chi connectivity index (χ3n) is 3.49. The molecule has 3 heteroatoms. The minimum atomic E-state index is -0.155. The van der Waals surface area contributed by atoms with E-state index in [4.69, 9.17) is 0 Å². The van der Waals surface area contributed by atoms with E-state index in [1.807, 2.05) is 19.1 Å². The summed E-state index contributed by atoms with van der Waals surface area (Å²) in [5, 5.41) is 3.44. The zero-order chi connectivity index (χ0) is 14.5. The smallest absolute Gasteiger partial charge is 0.127 e. The number of halogens is 1. The van der Waals surface area contributed by atoms with Crippen LogP contribution < -0.4 is 5.32 Å². The Labute approximate surface area is 124 Å². The zero-order valence-corrected chi connectivity index (χ0v) is 12.9. The van der Waals surface area contributed by atoms with E-state index in [-0.39, 0.29) is 17.9 Å². The van der Waals surface area contributed by atoms with Crippen LogP contribution in [0.4, 0.5) is 4.39 Å². The van der Waals surface area contributed by atoms with Crippen molar-refractivity contribution in [2.45, 2.75) is 30.8 Å². The lowest BCUT2D eigenvalue weighted by Crippen LogP contribution is -2.23. The molecule has 0 saturated heterocycles. The molecule has 20 heavy (non-hydrogen) atoms. The number of hydrogen-bond acceptors (Lipinski definition) is 2. The van der Waals surface area contributed by atoms with E-state index >= 15 is 0 Å². The van der Waals surface area contributed by atoms with Gasteiger partial charge in [-0.2, -0.15) is 0 Å². The number of nitrogens with one attached hydrogen (secondary N) is 1. The van der Waals surface area contributed by atoms with E-state index in [1.54, 1.807) is 17.8 Å².